The smallest absolute Gasteiger partial charge is 0.328 e. The van der Waals surface area contributed by atoms with Crippen LogP contribution in [-0.2, 0) is 64.3 Å². The van der Waals surface area contributed by atoms with Gasteiger partial charge in [-0.15, -0.1) is 13.2 Å². The lowest BCUT2D eigenvalue weighted by molar-refractivity contribution is -0.156. The zero-order valence-corrected chi connectivity index (χ0v) is 62.1. The van der Waals surface area contributed by atoms with E-state index in [1.54, 1.807) is 69.2 Å². The first-order valence-electron chi connectivity index (χ1n) is 35.5. The number of sulfonamides is 1. The van der Waals surface area contributed by atoms with Gasteiger partial charge in [0.15, 0.2) is 6.04 Å². The Labute approximate surface area is 586 Å². The van der Waals surface area contributed by atoms with E-state index >= 15 is 0 Å². The van der Waals surface area contributed by atoms with Gasteiger partial charge in [0.1, 0.15) is 34.8 Å². The number of nitrogens with one attached hydrogen (secondary N) is 6. The van der Waals surface area contributed by atoms with E-state index in [9.17, 15) is 51.9 Å². The highest BCUT2D eigenvalue weighted by molar-refractivity contribution is 7.90. The quantitative estimate of drug-likeness (QED) is 0.0102. The van der Waals surface area contributed by atoms with E-state index in [4.69, 9.17) is 19.9 Å². The van der Waals surface area contributed by atoms with Crippen LogP contribution in [0.1, 0.15) is 245 Å². The Morgan fingerprint density at radius 3 is 1.86 bits per heavy atom. The van der Waals surface area contributed by atoms with E-state index in [0.717, 1.165) is 63.4 Å². The number of hydrogen-bond acceptors (Lipinski definition) is 14. The third kappa shape index (κ3) is 36.6. The summed E-state index contributed by atoms with van der Waals surface area (Å²) in [5.41, 5.74) is 6.35. The molecule has 23 heteroatoms. The molecule has 0 bridgehead atoms. The minimum absolute atomic E-state index is 0.0621. The predicted octanol–water partition coefficient (Wildman–Crippen LogP) is 11.5. The lowest BCUT2D eigenvalue weighted by atomic mass is 9.93. The molecule has 5 amide bonds. The molecule has 4 rings (SSSR count). The van der Waals surface area contributed by atoms with Gasteiger partial charge >= 0.3 is 11.9 Å². The van der Waals surface area contributed by atoms with Crippen molar-refractivity contribution in [2.75, 3.05) is 26.2 Å². The first-order valence-corrected chi connectivity index (χ1v) is 36.9. The lowest BCUT2D eigenvalue weighted by Crippen LogP contribution is -2.56. The van der Waals surface area contributed by atoms with E-state index in [0.29, 0.717) is 47.5 Å². The van der Waals surface area contributed by atoms with E-state index in [1.807, 2.05) is 32.1 Å². The Bertz CT molecular complexity index is 2980. The zero-order chi connectivity index (χ0) is 73.5. The fourth-order valence-corrected chi connectivity index (χ4v) is 12.8. The second-order valence-electron chi connectivity index (χ2n) is 28.3. The van der Waals surface area contributed by atoms with Gasteiger partial charge in [-0.25, -0.2) is 17.9 Å². The number of aliphatic imine (C=N–C) groups is 1. The SMILES string of the molecule is C1=CCCCCCC1.C=CCCCCCC/C=C/CCCC(CCC=C)C(C)=O.Cc1c(C)c(S(=O)(=O)NC(N)=NCCCC(NC(=O)CNC(=O)C2CC/C=C\CCC2)C(=O)NCC(=O)NC(CC(=O)OC(C)(C)C)C(=O)NC(COC(C)(C)C)C(=O)O)c(C)c2c1OC(C)(C)C2. The predicted molar refractivity (Wildman–Crippen MR) is 388 cm³/mol. The molecule has 5 atom stereocenters. The number of fused-ring (bicyclic) bond motifs is 1. The lowest BCUT2D eigenvalue weighted by Gasteiger charge is -2.26. The van der Waals surface area contributed by atoms with Gasteiger partial charge in [0.05, 0.1) is 36.6 Å². The van der Waals surface area contributed by atoms with Crippen molar-refractivity contribution in [2.45, 2.75) is 290 Å². The third-order valence-corrected chi connectivity index (χ3v) is 18.3. The van der Waals surface area contributed by atoms with Crippen molar-refractivity contribution in [3.8, 4) is 5.75 Å². The largest absolute Gasteiger partial charge is 0.487 e. The number of benzene rings is 1. The molecule has 1 heterocycles. The van der Waals surface area contributed by atoms with Crippen LogP contribution in [0.25, 0.3) is 0 Å². The highest BCUT2D eigenvalue weighted by Gasteiger charge is 2.37. The summed E-state index contributed by atoms with van der Waals surface area (Å²) in [5.74, 6) is -5.66. The van der Waals surface area contributed by atoms with E-state index in [2.05, 4.69) is 79.8 Å². The van der Waals surface area contributed by atoms with Crippen molar-refractivity contribution >= 4 is 63.2 Å². The summed E-state index contributed by atoms with van der Waals surface area (Å²) in [6.07, 6.45) is 41.8. The van der Waals surface area contributed by atoms with Gasteiger partial charge in [-0.3, -0.25) is 38.6 Å². The second kappa shape index (κ2) is 45.5. The Morgan fingerprint density at radius 1 is 0.684 bits per heavy atom. The van der Waals surface area contributed by atoms with Gasteiger partial charge in [-0.05, 0) is 228 Å². The van der Waals surface area contributed by atoms with Crippen LogP contribution in [-0.4, -0.2) is 128 Å². The van der Waals surface area contributed by atoms with E-state index in [-0.39, 0.29) is 42.0 Å². The third-order valence-electron chi connectivity index (χ3n) is 16.7. The summed E-state index contributed by atoms with van der Waals surface area (Å²) in [4.78, 5) is 107. The minimum Gasteiger partial charge on any atom is -0.487 e. The van der Waals surface area contributed by atoms with Crippen LogP contribution in [0.5, 0.6) is 5.75 Å². The molecule has 9 N–H and O–H groups in total. The topological polar surface area (TPSA) is 329 Å². The molecule has 0 fully saturated rings. The van der Waals surface area contributed by atoms with E-state index < -0.39 is 113 Å². The molecule has 0 saturated heterocycles. The molecule has 5 unspecified atom stereocenters. The summed E-state index contributed by atoms with van der Waals surface area (Å²) in [7, 11) is -4.21. The summed E-state index contributed by atoms with van der Waals surface area (Å²) < 4.78 is 46.7. The van der Waals surface area contributed by atoms with Gasteiger partial charge in [-0.2, -0.15) is 0 Å². The summed E-state index contributed by atoms with van der Waals surface area (Å²) in [5, 5.41) is 22.0. The van der Waals surface area contributed by atoms with E-state index in [1.165, 1.54) is 70.6 Å². The first kappa shape index (κ1) is 86.9. The van der Waals surface area contributed by atoms with Gasteiger partial charge in [0, 0.05) is 30.4 Å². The first-order chi connectivity index (χ1) is 46.1. The average molecular weight is 1390 g/mol. The van der Waals surface area contributed by atoms with Crippen LogP contribution in [0.4, 0.5) is 0 Å². The maximum absolute atomic E-state index is 13.7. The number of carboxylic acid groups (broad SMARTS) is 1. The molecule has 2 aliphatic carbocycles. The molecule has 552 valence electrons. The molecule has 1 aromatic carbocycles. The van der Waals surface area contributed by atoms with Gasteiger partial charge < -0.3 is 51.6 Å². The number of hydrogen-bond donors (Lipinski definition) is 8. The van der Waals surface area contributed by atoms with Crippen LogP contribution in [0.3, 0.4) is 0 Å². The van der Waals surface area contributed by atoms with Crippen molar-refractivity contribution in [1.82, 2.24) is 31.3 Å². The number of unbranched alkanes of at least 4 members (excludes halogenated alkanes) is 6. The monoisotopic (exact) mass is 1390 g/mol. The van der Waals surface area contributed by atoms with Crippen molar-refractivity contribution in [3.05, 3.63) is 84.0 Å². The Morgan fingerprint density at radius 2 is 1.27 bits per heavy atom. The number of amides is 5. The number of ketones is 1. The summed E-state index contributed by atoms with van der Waals surface area (Å²) in [6, 6.07) is -4.51. The van der Waals surface area contributed by atoms with Crippen LogP contribution in [0.2, 0.25) is 0 Å². The second-order valence-corrected chi connectivity index (χ2v) is 30.0. The molecule has 0 spiro atoms. The number of rotatable bonds is 36. The van der Waals surface area contributed by atoms with Gasteiger partial charge in [0.25, 0.3) is 10.0 Å². The molecule has 1 aliphatic heterocycles. The molecule has 1 aromatic rings. The Balaban J connectivity index is 0.000000923. The number of esters is 1. The average Bonchev–Trinajstić information content (AvgIpc) is 1.53. The summed E-state index contributed by atoms with van der Waals surface area (Å²) in [6.45, 7) is 26.3. The number of carbonyl (C=O) groups excluding carboxylic acids is 7. The minimum atomic E-state index is -4.21. The molecule has 98 heavy (non-hydrogen) atoms. The van der Waals surface area contributed by atoms with Gasteiger partial charge in [0.2, 0.25) is 35.5 Å². The molecule has 0 radical (unpaired) electrons. The number of nitrogens with two attached hydrogens (primary N) is 1. The number of nitrogens with zero attached hydrogens (tertiary/aromatic N) is 1. The fraction of sp³-hybridized carbons (Fsp3) is 0.667. The Hall–Kier alpha value is -7.14. The van der Waals surface area contributed by atoms with Crippen molar-refractivity contribution in [1.29, 1.82) is 0 Å². The molecule has 0 saturated carbocycles. The standard InChI is InChI=1S/C47H74N8O13S.C20H34O.C8H14/c1-27-28(2)39(29(3)31-23-47(10,11)68-38(27)31)69(64,65)55-44(48)49-21-17-20-32(52-35(56)24-50-40(59)30-18-15-13-12-14-16-19-30)41(60)51-25-36(57)53-33(22-37(58)67-46(7,8)9)42(61)54-34(43(62)63)26-66-45(4,5)6;1-4-6-8-9-10-11-12-13-14-15-16-18-20(19(3)21)17-7-5-2;1-2-4-6-8-7-5-3-1/h12-13,30,32-34H,14-26H2,1-11H3,(H,50,59)(H,51,60)(H,52,56)(H,53,57)(H,54,61)(H,62,63)(H3,48,49,55);4-5,13-14,20H,1-2,6-12,15-18H2,3H3;1-2H,3-8H2/b13-12-;14-13+;. The number of carbonyl (C=O) groups is 8. The Kier molecular flexibility index (Phi) is 40.4. The number of guanidine groups is 1. The maximum Gasteiger partial charge on any atom is 0.328 e. The molecule has 3 aliphatic rings. The molecular formula is C75H122N8O14S. The fourth-order valence-electron chi connectivity index (χ4n) is 11.3. The highest BCUT2D eigenvalue weighted by atomic mass is 32.2. The van der Waals surface area contributed by atoms with Gasteiger partial charge in [-0.1, -0.05) is 74.3 Å². The van der Waals surface area contributed by atoms with Crippen molar-refractivity contribution in [3.63, 3.8) is 0 Å². The maximum atomic E-state index is 13.7. The van der Waals surface area contributed by atoms with Crippen LogP contribution < -0.4 is 41.8 Å². The normalized spacial score (nSPS) is 17.0. The zero-order valence-electron chi connectivity index (χ0n) is 61.3. The van der Waals surface area contributed by atoms with Crippen molar-refractivity contribution in [2.24, 2.45) is 22.6 Å². The number of carboxylic acids is 1. The van der Waals surface area contributed by atoms with Crippen LogP contribution >= 0.6 is 0 Å². The summed E-state index contributed by atoms with van der Waals surface area (Å²) >= 11 is 0. The van der Waals surface area contributed by atoms with Crippen LogP contribution in [0, 0.1) is 32.6 Å². The highest BCUT2D eigenvalue weighted by Crippen LogP contribution is 2.44. The number of ether oxygens (including phenoxy) is 3. The molecule has 0 aromatic heterocycles. The molecular weight excluding hydrogens is 1270 g/mol. The number of Topliss-reactive ketones (excluding diaryl/α,β-unsaturated/α-hetero) is 1. The van der Waals surface area contributed by atoms with Crippen LogP contribution in [0.15, 0.2) is 71.7 Å². The number of allylic oxidation sites excluding steroid dienone is 8. The number of aliphatic carboxylic acids is 1. The molecule has 22 nitrogen and oxygen atoms in total. The van der Waals surface area contributed by atoms with Crippen molar-refractivity contribution < 1.29 is 66.1 Å².